The lowest BCUT2D eigenvalue weighted by molar-refractivity contribution is 0.0932. The first kappa shape index (κ1) is 14.3. The van der Waals surface area contributed by atoms with Gasteiger partial charge in [-0.05, 0) is 37.0 Å². The molecule has 1 aliphatic carbocycles. The molecule has 0 unspecified atom stereocenters. The number of aryl methyl sites for hydroxylation is 1. The molecule has 6 heteroatoms. The number of hydrogen-bond acceptors (Lipinski definition) is 4. The van der Waals surface area contributed by atoms with Gasteiger partial charge in [-0.2, -0.15) is 0 Å². The molecule has 0 aliphatic heterocycles. The number of hydrogen-bond donors (Lipinski definition) is 2. The number of carbonyl (C=O) groups is 1. The van der Waals surface area contributed by atoms with Crippen molar-refractivity contribution in [3.05, 3.63) is 57.6 Å². The molecule has 2 N–H and O–H groups in total. The van der Waals surface area contributed by atoms with Gasteiger partial charge in [-0.1, -0.05) is 0 Å². The molecule has 2 heterocycles. The molecule has 2 aromatic rings. The Labute approximate surface area is 127 Å². The molecular weight excluding hydrogens is 282 g/mol. The van der Waals surface area contributed by atoms with Gasteiger partial charge in [-0.15, -0.1) is 0 Å². The highest BCUT2D eigenvalue weighted by molar-refractivity contribution is 5.94. The van der Waals surface area contributed by atoms with Gasteiger partial charge in [0.05, 0.1) is 18.7 Å². The third-order valence-electron chi connectivity index (χ3n) is 3.84. The summed E-state index contributed by atoms with van der Waals surface area (Å²) >= 11 is 0. The van der Waals surface area contributed by atoms with E-state index in [4.69, 9.17) is 4.74 Å². The fraction of sp³-hybridized carbons (Fsp3) is 0.312. The van der Waals surface area contributed by atoms with Gasteiger partial charge in [0.15, 0.2) is 0 Å². The molecule has 0 fully saturated rings. The minimum Gasteiger partial charge on any atom is -0.481 e. The molecule has 0 aromatic carbocycles. The highest BCUT2D eigenvalue weighted by Crippen LogP contribution is 2.27. The SMILES string of the molecule is COc1ccc(C(=O)N[C@H]2CCCc3[nH]c(=O)ccc32)cn1. The van der Waals surface area contributed by atoms with Crippen LogP contribution in [-0.4, -0.2) is 23.0 Å². The number of nitrogens with zero attached hydrogens (tertiary/aromatic N) is 1. The van der Waals surface area contributed by atoms with E-state index in [1.807, 2.05) is 0 Å². The molecule has 114 valence electrons. The first-order valence-electron chi connectivity index (χ1n) is 7.20. The predicted octanol–water partition coefficient (Wildman–Crippen LogP) is 1.59. The number of aromatic nitrogens is 2. The summed E-state index contributed by atoms with van der Waals surface area (Å²) in [5.74, 6) is 0.288. The van der Waals surface area contributed by atoms with Crippen LogP contribution in [-0.2, 0) is 6.42 Å². The van der Waals surface area contributed by atoms with Crippen LogP contribution in [0.4, 0.5) is 0 Å². The van der Waals surface area contributed by atoms with Crippen LogP contribution >= 0.6 is 0 Å². The third kappa shape index (κ3) is 2.86. The van der Waals surface area contributed by atoms with Gasteiger partial charge in [0, 0.05) is 24.0 Å². The summed E-state index contributed by atoms with van der Waals surface area (Å²) in [7, 11) is 1.53. The van der Waals surface area contributed by atoms with Crippen molar-refractivity contribution in [2.75, 3.05) is 7.11 Å². The monoisotopic (exact) mass is 299 g/mol. The predicted molar refractivity (Wildman–Crippen MR) is 81.0 cm³/mol. The number of rotatable bonds is 3. The van der Waals surface area contributed by atoms with Gasteiger partial charge < -0.3 is 15.0 Å². The second kappa shape index (κ2) is 6.01. The van der Waals surface area contributed by atoms with Gasteiger partial charge in [0.25, 0.3) is 5.91 Å². The Hall–Kier alpha value is -2.63. The Balaban J connectivity index is 1.78. The van der Waals surface area contributed by atoms with Crippen molar-refractivity contribution in [3.8, 4) is 5.88 Å². The Morgan fingerprint density at radius 2 is 2.23 bits per heavy atom. The molecule has 0 bridgehead atoms. The molecular formula is C16H17N3O3. The fourth-order valence-electron chi connectivity index (χ4n) is 2.73. The lowest BCUT2D eigenvalue weighted by atomic mass is 9.91. The van der Waals surface area contributed by atoms with Gasteiger partial charge in [-0.3, -0.25) is 9.59 Å². The van der Waals surface area contributed by atoms with Crippen LogP contribution < -0.4 is 15.6 Å². The molecule has 0 spiro atoms. The van der Waals surface area contributed by atoms with Crippen molar-refractivity contribution < 1.29 is 9.53 Å². The largest absolute Gasteiger partial charge is 0.481 e. The number of methoxy groups -OCH3 is 1. The quantitative estimate of drug-likeness (QED) is 0.901. The fourth-order valence-corrected chi connectivity index (χ4v) is 2.73. The van der Waals surface area contributed by atoms with Crippen LogP contribution in [0.15, 0.2) is 35.3 Å². The van der Waals surface area contributed by atoms with E-state index in [1.165, 1.54) is 19.4 Å². The zero-order valence-corrected chi connectivity index (χ0v) is 12.3. The number of nitrogens with one attached hydrogen (secondary N) is 2. The number of ether oxygens (including phenoxy) is 1. The van der Waals surface area contributed by atoms with Crippen molar-refractivity contribution >= 4 is 5.91 Å². The van der Waals surface area contributed by atoms with Crippen LogP contribution in [0.5, 0.6) is 5.88 Å². The molecule has 1 atom stereocenters. The first-order valence-corrected chi connectivity index (χ1v) is 7.20. The average molecular weight is 299 g/mol. The number of H-pyrrole nitrogens is 1. The first-order chi connectivity index (χ1) is 10.7. The summed E-state index contributed by atoms with van der Waals surface area (Å²) in [4.78, 5) is 30.6. The van der Waals surface area contributed by atoms with Gasteiger partial charge >= 0.3 is 0 Å². The number of amides is 1. The van der Waals surface area contributed by atoms with E-state index in [0.29, 0.717) is 11.4 Å². The van der Waals surface area contributed by atoms with E-state index in [9.17, 15) is 9.59 Å². The second-order valence-corrected chi connectivity index (χ2v) is 5.26. The Bertz CT molecular complexity index is 737. The maximum atomic E-state index is 12.3. The molecule has 1 aliphatic rings. The van der Waals surface area contributed by atoms with Gasteiger partial charge in [0.1, 0.15) is 0 Å². The molecule has 22 heavy (non-hydrogen) atoms. The van der Waals surface area contributed by atoms with Crippen LogP contribution in [0.2, 0.25) is 0 Å². The molecule has 6 nitrogen and oxygen atoms in total. The molecule has 1 amide bonds. The number of fused-ring (bicyclic) bond motifs is 1. The molecule has 2 aromatic heterocycles. The van der Waals surface area contributed by atoms with E-state index in [2.05, 4.69) is 15.3 Å². The van der Waals surface area contributed by atoms with Gasteiger partial charge in [-0.25, -0.2) is 4.98 Å². The van der Waals surface area contributed by atoms with Crippen molar-refractivity contribution in [2.45, 2.75) is 25.3 Å². The smallest absolute Gasteiger partial charge is 0.253 e. The third-order valence-corrected chi connectivity index (χ3v) is 3.84. The Kier molecular flexibility index (Phi) is 3.91. The van der Waals surface area contributed by atoms with Crippen LogP contribution in [0, 0.1) is 0 Å². The average Bonchev–Trinajstić information content (AvgIpc) is 2.55. The Morgan fingerprint density at radius 1 is 1.36 bits per heavy atom. The van der Waals surface area contributed by atoms with E-state index < -0.39 is 0 Å². The lowest BCUT2D eigenvalue weighted by Crippen LogP contribution is -2.32. The minimum atomic E-state index is -0.181. The summed E-state index contributed by atoms with van der Waals surface area (Å²) in [6.07, 6.45) is 4.11. The summed E-state index contributed by atoms with van der Waals surface area (Å²) in [5.41, 5.74) is 2.28. The van der Waals surface area contributed by atoms with Crippen LogP contribution in [0.1, 0.15) is 40.5 Å². The number of aromatic amines is 1. The van der Waals surface area contributed by atoms with E-state index in [0.717, 1.165) is 30.5 Å². The van der Waals surface area contributed by atoms with Crippen molar-refractivity contribution in [2.24, 2.45) is 0 Å². The molecule has 0 radical (unpaired) electrons. The normalized spacial score (nSPS) is 16.7. The minimum absolute atomic E-state index is 0.0878. The summed E-state index contributed by atoms with van der Waals surface area (Å²) < 4.78 is 4.98. The van der Waals surface area contributed by atoms with Crippen LogP contribution in [0.25, 0.3) is 0 Å². The van der Waals surface area contributed by atoms with Crippen molar-refractivity contribution in [1.29, 1.82) is 0 Å². The van der Waals surface area contributed by atoms with Crippen molar-refractivity contribution in [3.63, 3.8) is 0 Å². The molecule has 0 saturated carbocycles. The van der Waals surface area contributed by atoms with Gasteiger partial charge in [0.2, 0.25) is 11.4 Å². The standard InChI is InChI=1S/C16H17N3O3/c1-22-15-8-5-10(9-17-15)16(21)19-13-4-2-3-12-11(13)6-7-14(20)18-12/h5-9,13H,2-4H2,1H3,(H,18,20)(H,19,21)/t13-/m0/s1. The second-order valence-electron chi connectivity index (χ2n) is 5.26. The summed E-state index contributed by atoms with van der Waals surface area (Å²) in [5, 5.41) is 3.01. The highest BCUT2D eigenvalue weighted by Gasteiger charge is 2.22. The molecule has 0 saturated heterocycles. The maximum Gasteiger partial charge on any atom is 0.253 e. The summed E-state index contributed by atoms with van der Waals surface area (Å²) in [6.45, 7) is 0. The summed E-state index contributed by atoms with van der Waals surface area (Å²) in [6, 6.07) is 6.54. The van der Waals surface area contributed by atoms with Crippen molar-refractivity contribution in [1.82, 2.24) is 15.3 Å². The lowest BCUT2D eigenvalue weighted by Gasteiger charge is -2.25. The number of carbonyl (C=O) groups excluding carboxylic acids is 1. The Morgan fingerprint density at radius 3 is 2.95 bits per heavy atom. The number of pyridine rings is 2. The van der Waals surface area contributed by atoms with Crippen LogP contribution in [0.3, 0.4) is 0 Å². The van der Waals surface area contributed by atoms with E-state index >= 15 is 0 Å². The molecule has 3 rings (SSSR count). The zero-order chi connectivity index (χ0) is 15.5. The maximum absolute atomic E-state index is 12.3. The van der Waals surface area contributed by atoms with E-state index in [1.54, 1.807) is 18.2 Å². The topological polar surface area (TPSA) is 84.1 Å². The zero-order valence-electron chi connectivity index (χ0n) is 12.3. The van der Waals surface area contributed by atoms with E-state index in [-0.39, 0.29) is 17.5 Å². The highest BCUT2D eigenvalue weighted by atomic mass is 16.5.